The molecule has 1 saturated carbocycles. The lowest BCUT2D eigenvalue weighted by Gasteiger charge is -2.25. The average Bonchev–Trinajstić information content (AvgIpc) is 1.98. The Labute approximate surface area is 78.1 Å². The van der Waals surface area contributed by atoms with Gasteiger partial charge in [0.15, 0.2) is 0 Å². The average molecular weight is 210 g/mol. The second-order valence-electron chi connectivity index (χ2n) is 2.86. The molecule has 0 unspecified atom stereocenters. The molecule has 0 atom stereocenters. The van der Waals surface area contributed by atoms with Gasteiger partial charge < -0.3 is 10.8 Å². The normalized spacial score (nSPS) is 25.1. The maximum absolute atomic E-state index is 10.6. The number of hydrogen-bond acceptors (Lipinski definition) is 3. The molecule has 0 aliphatic heterocycles. The van der Waals surface area contributed by atoms with Crippen LogP contribution in [0.15, 0.2) is 0 Å². The van der Waals surface area contributed by atoms with Crippen LogP contribution in [0.4, 0.5) is 13.2 Å². The number of nitrogens with zero attached hydrogens (tertiary/aromatic N) is 1. The summed E-state index contributed by atoms with van der Waals surface area (Å²) in [6.07, 6.45) is -3.26. The van der Waals surface area contributed by atoms with E-state index in [1.165, 1.54) is 0 Å². The van der Waals surface area contributed by atoms with Crippen LogP contribution in [0.1, 0.15) is 12.8 Å². The molecule has 0 aromatic rings. The number of rotatable bonds is 0. The zero-order valence-corrected chi connectivity index (χ0v) is 7.08. The fourth-order valence-corrected chi connectivity index (χ4v) is 0.767. The lowest BCUT2D eigenvalue weighted by Crippen LogP contribution is -2.35. The number of nitriles is 1. The highest BCUT2D eigenvalue weighted by atomic mass is 19.4. The van der Waals surface area contributed by atoms with E-state index in [-0.39, 0.29) is 5.92 Å². The van der Waals surface area contributed by atoms with Gasteiger partial charge >= 0.3 is 12.1 Å². The van der Waals surface area contributed by atoms with Gasteiger partial charge in [-0.15, -0.1) is 0 Å². The minimum Gasteiger partial charge on any atom is -0.475 e. The summed E-state index contributed by atoms with van der Waals surface area (Å²) in [6, 6.07) is 2.48. The Hall–Kier alpha value is -1.29. The third-order valence-corrected chi connectivity index (χ3v) is 1.60. The van der Waals surface area contributed by atoms with Gasteiger partial charge in [-0.1, -0.05) is 0 Å². The molecule has 7 heteroatoms. The van der Waals surface area contributed by atoms with Crippen LogP contribution in [-0.4, -0.2) is 23.3 Å². The van der Waals surface area contributed by atoms with E-state index < -0.39 is 12.1 Å². The van der Waals surface area contributed by atoms with Crippen molar-refractivity contribution in [3.63, 3.8) is 0 Å². The van der Waals surface area contributed by atoms with Crippen molar-refractivity contribution in [1.29, 1.82) is 5.26 Å². The van der Waals surface area contributed by atoms with Crippen molar-refractivity contribution in [2.75, 3.05) is 0 Å². The van der Waals surface area contributed by atoms with Crippen LogP contribution in [0.2, 0.25) is 0 Å². The fourth-order valence-electron chi connectivity index (χ4n) is 0.767. The van der Waals surface area contributed by atoms with Gasteiger partial charge in [0.25, 0.3) is 0 Å². The highest BCUT2D eigenvalue weighted by Crippen LogP contribution is 2.23. The number of nitrogens with two attached hydrogens (primary N) is 1. The van der Waals surface area contributed by atoms with Crippen molar-refractivity contribution in [3.05, 3.63) is 0 Å². The summed E-state index contributed by atoms with van der Waals surface area (Å²) in [5.41, 5.74) is 5.39. The van der Waals surface area contributed by atoms with Gasteiger partial charge in [-0.2, -0.15) is 18.4 Å². The number of aliphatic carboxylic acids is 1. The Morgan fingerprint density at radius 3 is 1.93 bits per heavy atom. The summed E-state index contributed by atoms with van der Waals surface area (Å²) < 4.78 is 31.7. The van der Waals surface area contributed by atoms with Crippen LogP contribution in [0.25, 0.3) is 0 Å². The first-order chi connectivity index (χ1) is 6.27. The van der Waals surface area contributed by atoms with Crippen LogP contribution < -0.4 is 5.73 Å². The van der Waals surface area contributed by atoms with Gasteiger partial charge in [-0.25, -0.2) is 4.79 Å². The van der Waals surface area contributed by atoms with Crippen molar-refractivity contribution in [2.45, 2.75) is 25.1 Å². The number of halogens is 3. The van der Waals surface area contributed by atoms with Gasteiger partial charge in [0.05, 0.1) is 6.07 Å². The molecule has 0 radical (unpaired) electrons. The molecule has 0 heterocycles. The van der Waals surface area contributed by atoms with Crippen LogP contribution in [-0.2, 0) is 4.79 Å². The Balaban J connectivity index is 0.000000241. The molecule has 1 aliphatic carbocycles. The quantitative estimate of drug-likeness (QED) is 0.621. The topological polar surface area (TPSA) is 87.1 Å². The number of carboxylic acid groups (broad SMARTS) is 1. The monoisotopic (exact) mass is 210 g/mol. The maximum Gasteiger partial charge on any atom is 0.490 e. The van der Waals surface area contributed by atoms with Gasteiger partial charge in [0.2, 0.25) is 0 Å². The molecule has 0 bridgehead atoms. The summed E-state index contributed by atoms with van der Waals surface area (Å²) in [5.74, 6) is -2.48. The van der Waals surface area contributed by atoms with E-state index in [9.17, 15) is 13.2 Å². The van der Waals surface area contributed by atoms with Gasteiger partial charge in [-0.05, 0) is 12.8 Å². The van der Waals surface area contributed by atoms with Gasteiger partial charge in [0.1, 0.15) is 0 Å². The third kappa shape index (κ3) is 4.67. The van der Waals surface area contributed by atoms with Crippen molar-refractivity contribution in [1.82, 2.24) is 0 Å². The molecular formula is C7H9F3N2O2. The number of carboxylic acids is 1. The lowest BCUT2D eigenvalue weighted by molar-refractivity contribution is -0.192. The summed E-state index contributed by atoms with van der Waals surface area (Å²) in [7, 11) is 0. The lowest BCUT2D eigenvalue weighted by atomic mass is 9.82. The third-order valence-electron chi connectivity index (χ3n) is 1.60. The predicted molar refractivity (Wildman–Crippen MR) is 40.0 cm³/mol. The number of carbonyl (C=O) groups is 1. The van der Waals surface area contributed by atoms with Crippen molar-refractivity contribution in [2.24, 2.45) is 11.7 Å². The van der Waals surface area contributed by atoms with E-state index in [1.807, 2.05) is 0 Å². The molecule has 0 amide bonds. The first kappa shape index (κ1) is 12.7. The van der Waals surface area contributed by atoms with E-state index in [4.69, 9.17) is 20.9 Å². The summed E-state index contributed by atoms with van der Waals surface area (Å²) in [4.78, 5) is 8.90. The minimum absolute atomic E-state index is 0.273. The SMILES string of the molecule is N#CC1CC(N)C1.O=C(O)C(F)(F)F. The summed E-state index contributed by atoms with van der Waals surface area (Å²) in [6.45, 7) is 0. The molecule has 0 aromatic carbocycles. The van der Waals surface area contributed by atoms with E-state index in [0.29, 0.717) is 6.04 Å². The van der Waals surface area contributed by atoms with Crippen molar-refractivity contribution >= 4 is 5.97 Å². The van der Waals surface area contributed by atoms with Crippen LogP contribution >= 0.6 is 0 Å². The molecule has 0 saturated heterocycles. The van der Waals surface area contributed by atoms with Crippen LogP contribution in [0.5, 0.6) is 0 Å². The van der Waals surface area contributed by atoms with Crippen LogP contribution in [0, 0.1) is 17.2 Å². The van der Waals surface area contributed by atoms with Crippen LogP contribution in [0.3, 0.4) is 0 Å². The van der Waals surface area contributed by atoms with Gasteiger partial charge in [-0.3, -0.25) is 0 Å². The molecule has 0 spiro atoms. The standard InChI is InChI=1S/C5H8N2.C2HF3O2/c6-3-4-1-5(7)2-4;3-2(4,5)1(6)7/h4-5H,1-2,7H2;(H,6,7). The molecule has 80 valence electrons. The van der Waals surface area contributed by atoms with Crippen molar-refractivity contribution < 1.29 is 23.1 Å². The summed E-state index contributed by atoms with van der Waals surface area (Å²) >= 11 is 0. The minimum atomic E-state index is -5.08. The first-order valence-electron chi connectivity index (χ1n) is 3.72. The van der Waals surface area contributed by atoms with E-state index >= 15 is 0 Å². The molecule has 4 nitrogen and oxygen atoms in total. The maximum atomic E-state index is 10.6. The second kappa shape index (κ2) is 4.81. The number of alkyl halides is 3. The molecule has 1 aliphatic rings. The Kier molecular flexibility index (Phi) is 4.37. The van der Waals surface area contributed by atoms with Gasteiger partial charge in [0, 0.05) is 12.0 Å². The molecule has 14 heavy (non-hydrogen) atoms. The first-order valence-corrected chi connectivity index (χ1v) is 3.72. The highest BCUT2D eigenvalue weighted by Gasteiger charge is 2.38. The molecule has 0 aromatic heterocycles. The zero-order chi connectivity index (χ0) is 11.4. The Morgan fingerprint density at radius 1 is 1.50 bits per heavy atom. The molecule has 1 fully saturated rings. The van der Waals surface area contributed by atoms with E-state index in [0.717, 1.165) is 12.8 Å². The van der Waals surface area contributed by atoms with Crippen molar-refractivity contribution in [3.8, 4) is 6.07 Å². The van der Waals surface area contributed by atoms with E-state index in [1.54, 1.807) is 0 Å². The fraction of sp³-hybridized carbons (Fsp3) is 0.714. The predicted octanol–water partition coefficient (Wildman–Crippen LogP) is 0.881. The molecule has 1 rings (SSSR count). The number of hydrogen-bond donors (Lipinski definition) is 2. The second-order valence-corrected chi connectivity index (χ2v) is 2.86. The zero-order valence-electron chi connectivity index (χ0n) is 7.08. The highest BCUT2D eigenvalue weighted by molar-refractivity contribution is 5.73. The smallest absolute Gasteiger partial charge is 0.475 e. The Morgan fingerprint density at radius 2 is 1.86 bits per heavy atom. The Bertz CT molecular complexity index is 240. The summed E-state index contributed by atoms with van der Waals surface area (Å²) in [5, 5.41) is 15.3. The largest absolute Gasteiger partial charge is 0.490 e. The molecule has 3 N–H and O–H groups in total. The van der Waals surface area contributed by atoms with E-state index in [2.05, 4.69) is 6.07 Å². The molecular weight excluding hydrogens is 201 g/mol.